The van der Waals surface area contributed by atoms with Crippen LogP contribution in [-0.2, 0) is 6.54 Å². The molecular formula is C10H10N4O2. The quantitative estimate of drug-likeness (QED) is 0.752. The van der Waals surface area contributed by atoms with Gasteiger partial charge in [0.25, 0.3) is 0 Å². The van der Waals surface area contributed by atoms with E-state index in [-0.39, 0.29) is 5.78 Å². The molecule has 2 aromatic rings. The molecule has 0 aliphatic carbocycles. The van der Waals surface area contributed by atoms with Crippen LogP contribution in [0.3, 0.4) is 0 Å². The molecule has 0 fully saturated rings. The van der Waals surface area contributed by atoms with Gasteiger partial charge >= 0.3 is 0 Å². The van der Waals surface area contributed by atoms with E-state index in [0.29, 0.717) is 24.5 Å². The molecule has 16 heavy (non-hydrogen) atoms. The molecular weight excluding hydrogens is 208 g/mol. The first-order chi connectivity index (χ1) is 7.77. The van der Waals surface area contributed by atoms with Crippen molar-refractivity contribution in [3.05, 3.63) is 29.3 Å². The minimum Gasteiger partial charge on any atom is -0.363 e. The molecule has 6 heteroatoms. The van der Waals surface area contributed by atoms with E-state index in [1.165, 1.54) is 6.26 Å². The highest BCUT2D eigenvalue weighted by atomic mass is 16.5. The third-order valence-electron chi connectivity index (χ3n) is 2.69. The Balaban J connectivity index is 2.19. The molecule has 1 aliphatic heterocycles. The Morgan fingerprint density at radius 3 is 3.06 bits per heavy atom. The standard InChI is InChI=1S/C10H10N4O2/c1-6-10-7(4-11-5-8(10)15)12-14(6)9-2-3-16-13-9/h2-3,11H,4-5H2,1H3. The van der Waals surface area contributed by atoms with E-state index in [1.54, 1.807) is 10.7 Å². The first-order valence-corrected chi connectivity index (χ1v) is 5.00. The van der Waals surface area contributed by atoms with Gasteiger partial charge in [0.05, 0.1) is 23.5 Å². The lowest BCUT2D eigenvalue weighted by Gasteiger charge is -2.09. The van der Waals surface area contributed by atoms with Gasteiger partial charge in [-0.05, 0) is 6.92 Å². The second kappa shape index (κ2) is 3.28. The number of Topliss-reactive ketones (excluding diaryl/α,β-unsaturated/α-hetero) is 1. The Morgan fingerprint density at radius 1 is 1.50 bits per heavy atom. The van der Waals surface area contributed by atoms with Gasteiger partial charge in [0.1, 0.15) is 6.26 Å². The Morgan fingerprint density at radius 2 is 2.38 bits per heavy atom. The molecule has 0 spiro atoms. The maximum Gasteiger partial charge on any atom is 0.196 e. The van der Waals surface area contributed by atoms with Gasteiger partial charge in [-0.15, -0.1) is 0 Å². The number of hydrogen-bond donors (Lipinski definition) is 1. The first kappa shape index (κ1) is 9.29. The third-order valence-corrected chi connectivity index (χ3v) is 2.69. The van der Waals surface area contributed by atoms with Gasteiger partial charge in [0, 0.05) is 12.6 Å². The molecule has 0 saturated heterocycles. The van der Waals surface area contributed by atoms with Crippen LogP contribution in [0.1, 0.15) is 21.7 Å². The van der Waals surface area contributed by atoms with Crippen LogP contribution in [0.2, 0.25) is 0 Å². The van der Waals surface area contributed by atoms with Gasteiger partial charge in [-0.25, -0.2) is 4.68 Å². The number of aromatic nitrogens is 3. The second-order valence-electron chi connectivity index (χ2n) is 3.70. The summed E-state index contributed by atoms with van der Waals surface area (Å²) in [7, 11) is 0. The van der Waals surface area contributed by atoms with E-state index in [0.717, 1.165) is 11.4 Å². The first-order valence-electron chi connectivity index (χ1n) is 5.00. The van der Waals surface area contributed by atoms with Crippen LogP contribution in [0.5, 0.6) is 0 Å². The molecule has 1 N–H and O–H groups in total. The predicted octanol–water partition coefficient (Wildman–Crippen LogP) is 0.455. The van der Waals surface area contributed by atoms with Crippen molar-refractivity contribution in [1.29, 1.82) is 0 Å². The van der Waals surface area contributed by atoms with Gasteiger partial charge in [-0.3, -0.25) is 4.79 Å². The van der Waals surface area contributed by atoms with E-state index in [1.807, 2.05) is 6.92 Å². The van der Waals surface area contributed by atoms with Crippen molar-refractivity contribution in [2.45, 2.75) is 13.5 Å². The summed E-state index contributed by atoms with van der Waals surface area (Å²) in [4.78, 5) is 11.7. The summed E-state index contributed by atoms with van der Waals surface area (Å²) in [6.45, 7) is 2.86. The monoisotopic (exact) mass is 218 g/mol. The van der Waals surface area contributed by atoms with Gasteiger partial charge in [0.2, 0.25) is 0 Å². The fourth-order valence-corrected chi connectivity index (χ4v) is 1.97. The van der Waals surface area contributed by atoms with Crippen LogP contribution in [0.25, 0.3) is 5.82 Å². The molecule has 0 atom stereocenters. The normalized spacial score (nSPS) is 15.2. The summed E-state index contributed by atoms with van der Waals surface area (Å²) < 4.78 is 6.41. The van der Waals surface area contributed by atoms with Crippen LogP contribution in [0.4, 0.5) is 0 Å². The van der Waals surface area contributed by atoms with Crippen molar-refractivity contribution < 1.29 is 9.32 Å². The highest BCUT2D eigenvalue weighted by Crippen LogP contribution is 2.19. The van der Waals surface area contributed by atoms with E-state index in [2.05, 4.69) is 15.6 Å². The van der Waals surface area contributed by atoms with E-state index >= 15 is 0 Å². The van der Waals surface area contributed by atoms with Gasteiger partial charge in [0.15, 0.2) is 11.6 Å². The van der Waals surface area contributed by atoms with Crippen LogP contribution < -0.4 is 5.32 Å². The molecule has 0 saturated carbocycles. The van der Waals surface area contributed by atoms with E-state index in [4.69, 9.17) is 4.52 Å². The van der Waals surface area contributed by atoms with Crippen molar-refractivity contribution in [2.75, 3.05) is 6.54 Å². The third kappa shape index (κ3) is 1.20. The number of nitrogens with one attached hydrogen (secondary N) is 1. The molecule has 0 bridgehead atoms. The Labute approximate surface area is 91.2 Å². The fraction of sp³-hybridized carbons (Fsp3) is 0.300. The van der Waals surface area contributed by atoms with Crippen LogP contribution in [0.15, 0.2) is 16.9 Å². The van der Waals surface area contributed by atoms with Crippen molar-refractivity contribution in [2.24, 2.45) is 0 Å². The van der Waals surface area contributed by atoms with Gasteiger partial charge in [-0.2, -0.15) is 5.10 Å². The minimum atomic E-state index is 0.0773. The van der Waals surface area contributed by atoms with Crippen molar-refractivity contribution in [1.82, 2.24) is 20.3 Å². The summed E-state index contributed by atoms with van der Waals surface area (Å²) in [6, 6.07) is 1.71. The zero-order chi connectivity index (χ0) is 11.1. The number of nitrogens with zero attached hydrogens (tertiary/aromatic N) is 3. The molecule has 0 aromatic carbocycles. The molecule has 0 amide bonds. The lowest BCUT2D eigenvalue weighted by molar-refractivity contribution is 0.0981. The largest absolute Gasteiger partial charge is 0.363 e. The fourth-order valence-electron chi connectivity index (χ4n) is 1.97. The van der Waals surface area contributed by atoms with Crippen LogP contribution >= 0.6 is 0 Å². The number of ketones is 1. The lowest BCUT2D eigenvalue weighted by Crippen LogP contribution is -2.29. The topological polar surface area (TPSA) is 73.0 Å². The van der Waals surface area contributed by atoms with E-state index in [9.17, 15) is 4.79 Å². The van der Waals surface area contributed by atoms with Crippen LogP contribution in [-0.4, -0.2) is 27.3 Å². The molecule has 3 rings (SSSR count). The van der Waals surface area contributed by atoms with Gasteiger partial charge < -0.3 is 9.84 Å². The maximum atomic E-state index is 11.7. The van der Waals surface area contributed by atoms with Gasteiger partial charge in [-0.1, -0.05) is 5.16 Å². The van der Waals surface area contributed by atoms with Crippen molar-refractivity contribution in [3.63, 3.8) is 0 Å². The summed E-state index contributed by atoms with van der Waals surface area (Å²) in [5.74, 6) is 0.674. The smallest absolute Gasteiger partial charge is 0.196 e. The summed E-state index contributed by atoms with van der Waals surface area (Å²) in [5, 5.41) is 11.2. The van der Waals surface area contributed by atoms with Crippen molar-refractivity contribution >= 4 is 5.78 Å². The minimum absolute atomic E-state index is 0.0773. The van der Waals surface area contributed by atoms with Crippen LogP contribution in [0, 0.1) is 6.92 Å². The zero-order valence-electron chi connectivity index (χ0n) is 8.73. The summed E-state index contributed by atoms with van der Waals surface area (Å²) >= 11 is 0. The van der Waals surface area contributed by atoms with Crippen molar-refractivity contribution in [3.8, 4) is 5.82 Å². The molecule has 82 valence electrons. The Kier molecular flexibility index (Phi) is 1.90. The Bertz CT molecular complexity index is 541. The maximum absolute atomic E-state index is 11.7. The number of carbonyl (C=O) groups excluding carboxylic acids is 1. The highest BCUT2D eigenvalue weighted by Gasteiger charge is 2.25. The summed E-state index contributed by atoms with van der Waals surface area (Å²) in [5.41, 5.74) is 2.30. The number of hydrogen-bond acceptors (Lipinski definition) is 5. The number of carbonyl (C=O) groups is 1. The molecule has 1 aliphatic rings. The average Bonchev–Trinajstić information content (AvgIpc) is 2.86. The molecule has 3 heterocycles. The second-order valence-corrected chi connectivity index (χ2v) is 3.70. The molecule has 0 unspecified atom stereocenters. The predicted molar refractivity (Wildman–Crippen MR) is 54.4 cm³/mol. The molecule has 6 nitrogen and oxygen atoms in total. The number of fused-ring (bicyclic) bond motifs is 1. The summed E-state index contributed by atoms with van der Waals surface area (Å²) in [6.07, 6.45) is 1.48. The molecule has 2 aromatic heterocycles. The molecule has 0 radical (unpaired) electrons. The highest BCUT2D eigenvalue weighted by molar-refractivity contribution is 6.00. The SMILES string of the molecule is Cc1c2c(nn1-c1ccon1)CNCC2=O. The zero-order valence-corrected chi connectivity index (χ0v) is 8.73. The average molecular weight is 218 g/mol. The number of rotatable bonds is 1. The lowest BCUT2D eigenvalue weighted by atomic mass is 10.1. The van der Waals surface area contributed by atoms with E-state index < -0.39 is 0 Å². The Hall–Kier alpha value is -1.95.